The van der Waals surface area contributed by atoms with Crippen LogP contribution >= 0.6 is 0 Å². The van der Waals surface area contributed by atoms with Gasteiger partial charge in [-0.3, -0.25) is 5.41 Å². The van der Waals surface area contributed by atoms with Crippen LogP contribution in [0.4, 0.5) is 0 Å². The van der Waals surface area contributed by atoms with Crippen LogP contribution in [0.3, 0.4) is 0 Å². The normalized spacial score (nSPS) is 32.5. The second-order valence-corrected chi connectivity index (χ2v) is 7.95. The summed E-state index contributed by atoms with van der Waals surface area (Å²) in [5.74, 6) is -1.35. The molecule has 160 valence electrons. The Morgan fingerprint density at radius 2 is 1.65 bits per heavy atom. The van der Waals surface area contributed by atoms with Gasteiger partial charge >= 0.3 is 0 Å². The lowest BCUT2D eigenvalue weighted by molar-refractivity contribution is -0.360. The minimum absolute atomic E-state index is 0.333. The Morgan fingerprint density at radius 1 is 1.00 bits per heavy atom. The highest BCUT2D eigenvalue weighted by Gasteiger charge is 2.80. The molecule has 0 aromatic heterocycles. The van der Waals surface area contributed by atoms with Gasteiger partial charge in [-0.05, 0) is 30.5 Å². The molecular formula is C22H22N4O5. The highest BCUT2D eigenvalue weighted by Crippen LogP contribution is 2.69. The first-order valence-electron chi connectivity index (χ1n) is 9.93. The molecule has 1 aliphatic carbocycles. The van der Waals surface area contributed by atoms with Crippen molar-refractivity contribution in [1.29, 1.82) is 21.2 Å². The Labute approximate surface area is 180 Å². The van der Waals surface area contributed by atoms with Gasteiger partial charge in [-0.1, -0.05) is 6.42 Å². The number of hydrogen-bond donors (Lipinski definition) is 1. The summed E-state index contributed by atoms with van der Waals surface area (Å²) in [5.41, 5.74) is -3.33. The Balaban J connectivity index is 2.01. The molecule has 4 fully saturated rings. The first-order chi connectivity index (χ1) is 14.9. The van der Waals surface area contributed by atoms with Gasteiger partial charge in [-0.15, -0.1) is 0 Å². The van der Waals surface area contributed by atoms with Crippen molar-refractivity contribution in [2.45, 2.75) is 37.6 Å². The maximum Gasteiger partial charge on any atom is 0.218 e. The summed E-state index contributed by atoms with van der Waals surface area (Å²) in [4.78, 5) is 0. The SMILES string of the molecule is COc1cc([C@@H]2O[C@]34CCCC[C@@H]3C(C#N)(C#N)[C@@]2(C#N)C(=N)O4)cc(OC)c1OC. The molecule has 1 aromatic carbocycles. The van der Waals surface area contributed by atoms with Gasteiger partial charge in [0.1, 0.15) is 6.10 Å². The van der Waals surface area contributed by atoms with E-state index in [1.54, 1.807) is 12.1 Å². The van der Waals surface area contributed by atoms with Crippen LogP contribution in [0.15, 0.2) is 12.1 Å². The summed E-state index contributed by atoms with van der Waals surface area (Å²) < 4.78 is 28.6. The van der Waals surface area contributed by atoms with Gasteiger partial charge in [0, 0.05) is 6.42 Å². The molecule has 3 aliphatic heterocycles. The van der Waals surface area contributed by atoms with Crippen LogP contribution < -0.4 is 14.2 Å². The molecule has 3 saturated heterocycles. The largest absolute Gasteiger partial charge is 0.493 e. The summed E-state index contributed by atoms with van der Waals surface area (Å²) in [6.07, 6.45) is 1.36. The third kappa shape index (κ3) is 2.34. The molecule has 4 atom stereocenters. The van der Waals surface area contributed by atoms with E-state index in [1.807, 2.05) is 0 Å². The number of hydrogen-bond acceptors (Lipinski definition) is 9. The van der Waals surface area contributed by atoms with Crippen LogP contribution in [-0.4, -0.2) is 33.0 Å². The monoisotopic (exact) mass is 422 g/mol. The smallest absolute Gasteiger partial charge is 0.218 e. The van der Waals surface area contributed by atoms with Crippen molar-refractivity contribution in [3.05, 3.63) is 17.7 Å². The van der Waals surface area contributed by atoms with Crippen molar-refractivity contribution in [2.75, 3.05) is 21.3 Å². The summed E-state index contributed by atoms with van der Waals surface area (Å²) in [7, 11) is 4.40. The third-order valence-electron chi connectivity index (χ3n) is 6.81. The molecule has 1 saturated carbocycles. The zero-order valence-corrected chi connectivity index (χ0v) is 17.5. The summed E-state index contributed by atoms with van der Waals surface area (Å²) in [6, 6.07) is 9.58. The van der Waals surface area contributed by atoms with E-state index in [-0.39, 0.29) is 0 Å². The minimum Gasteiger partial charge on any atom is -0.493 e. The Hall–Kier alpha value is -3.48. The van der Waals surface area contributed by atoms with Crippen molar-refractivity contribution >= 4 is 5.90 Å². The van der Waals surface area contributed by atoms with Crippen LogP contribution in [-0.2, 0) is 9.47 Å². The van der Waals surface area contributed by atoms with Gasteiger partial charge in [0.25, 0.3) is 0 Å². The molecule has 3 heterocycles. The minimum atomic E-state index is -1.95. The van der Waals surface area contributed by atoms with E-state index in [0.717, 1.165) is 12.8 Å². The van der Waals surface area contributed by atoms with Crippen molar-refractivity contribution in [2.24, 2.45) is 16.7 Å². The van der Waals surface area contributed by atoms with Crippen molar-refractivity contribution in [1.82, 2.24) is 0 Å². The molecule has 0 radical (unpaired) electrons. The average Bonchev–Trinajstić information content (AvgIpc) is 2.81. The topological polar surface area (TPSA) is 141 Å². The molecule has 9 heteroatoms. The van der Waals surface area contributed by atoms with Gasteiger partial charge in [0.05, 0.1) is 45.5 Å². The van der Waals surface area contributed by atoms with Crippen molar-refractivity contribution < 1.29 is 23.7 Å². The number of ether oxygens (including phenoxy) is 5. The fourth-order valence-electron chi connectivity index (χ4n) is 5.39. The van der Waals surface area contributed by atoms with Crippen molar-refractivity contribution in [3.8, 4) is 35.5 Å². The highest BCUT2D eigenvalue weighted by atomic mass is 16.7. The van der Waals surface area contributed by atoms with E-state index >= 15 is 0 Å². The van der Waals surface area contributed by atoms with Crippen LogP contribution in [0.25, 0.3) is 0 Å². The van der Waals surface area contributed by atoms with Crippen LogP contribution in [0.2, 0.25) is 0 Å². The van der Waals surface area contributed by atoms with E-state index in [4.69, 9.17) is 29.1 Å². The zero-order chi connectivity index (χ0) is 22.4. The number of nitrogens with zero attached hydrogens (tertiary/aromatic N) is 3. The third-order valence-corrected chi connectivity index (χ3v) is 6.81. The Bertz CT molecular complexity index is 1030. The number of fused-ring (bicyclic) bond motifs is 2. The molecular weight excluding hydrogens is 400 g/mol. The maximum absolute atomic E-state index is 10.4. The molecule has 9 nitrogen and oxygen atoms in total. The van der Waals surface area contributed by atoms with Crippen LogP contribution in [0.5, 0.6) is 17.2 Å². The molecule has 0 amide bonds. The summed E-state index contributed by atoms with van der Waals surface area (Å²) in [5, 5.41) is 39.5. The number of benzene rings is 1. The first kappa shape index (κ1) is 20.8. The number of methoxy groups -OCH3 is 3. The lowest BCUT2D eigenvalue weighted by Crippen LogP contribution is -2.73. The molecule has 31 heavy (non-hydrogen) atoms. The molecule has 5 rings (SSSR count). The molecule has 0 unspecified atom stereocenters. The molecule has 1 aromatic rings. The summed E-state index contributed by atoms with van der Waals surface area (Å²) in [6.45, 7) is 0. The Kier molecular flexibility index (Phi) is 4.72. The number of nitriles is 3. The quantitative estimate of drug-likeness (QED) is 0.779. The maximum atomic E-state index is 10.4. The second kappa shape index (κ2) is 7.04. The fraction of sp³-hybridized carbons (Fsp3) is 0.545. The van der Waals surface area contributed by atoms with E-state index in [9.17, 15) is 15.8 Å². The molecule has 2 bridgehead atoms. The van der Waals surface area contributed by atoms with Crippen LogP contribution in [0.1, 0.15) is 37.4 Å². The van der Waals surface area contributed by atoms with Crippen molar-refractivity contribution in [3.63, 3.8) is 0 Å². The van der Waals surface area contributed by atoms with Gasteiger partial charge in [0.15, 0.2) is 22.3 Å². The van der Waals surface area contributed by atoms with Gasteiger partial charge in [-0.2, -0.15) is 15.8 Å². The molecule has 1 N–H and O–H groups in total. The highest BCUT2D eigenvalue weighted by molar-refractivity contribution is 5.89. The second-order valence-electron chi connectivity index (χ2n) is 7.95. The summed E-state index contributed by atoms with van der Waals surface area (Å²) >= 11 is 0. The van der Waals surface area contributed by atoms with E-state index in [1.165, 1.54) is 21.3 Å². The predicted molar refractivity (Wildman–Crippen MR) is 105 cm³/mol. The average molecular weight is 422 g/mol. The zero-order valence-electron chi connectivity index (χ0n) is 17.5. The van der Waals surface area contributed by atoms with Gasteiger partial charge < -0.3 is 23.7 Å². The fourth-order valence-corrected chi connectivity index (χ4v) is 5.39. The van der Waals surface area contributed by atoms with Crippen LogP contribution in [0, 0.1) is 56.2 Å². The van der Waals surface area contributed by atoms with Gasteiger partial charge in [-0.25, -0.2) is 0 Å². The standard InChI is InChI=1S/C22H22N4O5/c1-27-14-8-13(9-15(28-2)17(14)29-3)18-21(12-25)19(26)31-22(30-18)7-5-4-6-16(22)20(21,10-23)11-24/h8-9,16,18,26H,4-7H2,1-3H3/t16-,18+,21-,22+/m1/s1. The van der Waals surface area contributed by atoms with E-state index in [0.29, 0.717) is 35.7 Å². The molecule has 1 spiro atoms. The predicted octanol–water partition coefficient (Wildman–Crippen LogP) is 3.22. The lowest BCUT2D eigenvalue weighted by atomic mass is 9.48. The van der Waals surface area contributed by atoms with Gasteiger partial charge in [0.2, 0.25) is 17.4 Å². The van der Waals surface area contributed by atoms with E-state index in [2.05, 4.69) is 18.2 Å². The van der Waals surface area contributed by atoms with E-state index < -0.39 is 34.5 Å². The number of rotatable bonds is 4. The Morgan fingerprint density at radius 3 is 2.16 bits per heavy atom. The lowest BCUT2D eigenvalue weighted by Gasteiger charge is -2.63. The molecule has 4 aliphatic rings. The number of nitrogens with one attached hydrogen (secondary N) is 1. The first-order valence-corrected chi connectivity index (χ1v) is 9.93.